The van der Waals surface area contributed by atoms with Gasteiger partial charge in [0.2, 0.25) is 0 Å². The van der Waals surface area contributed by atoms with E-state index in [-0.39, 0.29) is 0 Å². The zero-order chi connectivity index (χ0) is 28.0. The summed E-state index contributed by atoms with van der Waals surface area (Å²) in [4.78, 5) is 15.0. The molecule has 0 atom stereocenters. The van der Waals surface area contributed by atoms with E-state index in [1.54, 1.807) is 0 Å². The second-order valence-electron chi connectivity index (χ2n) is 10.8. The fourth-order valence-corrected chi connectivity index (χ4v) is 6.04. The molecule has 4 heteroatoms. The van der Waals surface area contributed by atoms with E-state index >= 15 is 0 Å². The Kier molecular flexibility index (Phi) is 5.78. The van der Waals surface area contributed by atoms with Gasteiger partial charge in [-0.05, 0) is 59.0 Å². The summed E-state index contributed by atoms with van der Waals surface area (Å²) in [7, 11) is 0. The molecule has 0 unspecified atom stereocenters. The molecule has 42 heavy (non-hydrogen) atoms. The van der Waals surface area contributed by atoms with Crippen molar-refractivity contribution >= 4 is 50.6 Å². The summed E-state index contributed by atoms with van der Waals surface area (Å²) in [5.74, 6) is 0. The minimum atomic E-state index is 0.866. The van der Waals surface area contributed by atoms with Crippen LogP contribution < -0.4 is 0 Å². The molecular formula is C38H28N4. The second kappa shape index (κ2) is 9.93. The van der Waals surface area contributed by atoms with E-state index in [9.17, 15) is 0 Å². The van der Waals surface area contributed by atoms with Crippen molar-refractivity contribution in [1.82, 2.24) is 14.4 Å². The van der Waals surface area contributed by atoms with Crippen LogP contribution in [0.3, 0.4) is 0 Å². The molecule has 4 aromatic carbocycles. The van der Waals surface area contributed by atoms with Crippen LogP contribution in [0.1, 0.15) is 30.9 Å². The van der Waals surface area contributed by atoms with Gasteiger partial charge in [0.1, 0.15) is 11.2 Å². The number of hydrogen-bond acceptors (Lipinski definition) is 3. The third-order valence-electron chi connectivity index (χ3n) is 8.23. The van der Waals surface area contributed by atoms with Crippen molar-refractivity contribution < 1.29 is 0 Å². The van der Waals surface area contributed by atoms with Crippen LogP contribution in [-0.4, -0.2) is 20.1 Å². The molecule has 3 aromatic heterocycles. The van der Waals surface area contributed by atoms with Gasteiger partial charge < -0.3 is 0 Å². The van der Waals surface area contributed by atoms with E-state index in [4.69, 9.17) is 15.0 Å². The number of aliphatic imine (C=N–C) groups is 1. The first-order chi connectivity index (χ1) is 20.7. The predicted octanol–water partition coefficient (Wildman–Crippen LogP) is 9.80. The molecule has 0 spiro atoms. The highest BCUT2D eigenvalue weighted by Crippen LogP contribution is 2.36. The maximum Gasteiger partial charge on any atom is 0.165 e. The van der Waals surface area contributed by atoms with Crippen LogP contribution in [0.25, 0.3) is 61.6 Å². The highest BCUT2D eigenvalue weighted by atomic mass is 15.1. The molecule has 4 nitrogen and oxygen atoms in total. The average Bonchev–Trinajstić information content (AvgIpc) is 3.32. The standard InChI is InChI=1S/C38H28N4/c1-2-31-24-30(23-28-10-3-6-15-34(28)39-31)26-19-17-25(18-20-26)27-11-9-12-29(22-27)36-32-13-4-5-14-33(32)37-38(41-36)42-21-8-7-16-35(42)40-37/h3-23H,2,24H2,1H3. The van der Waals surface area contributed by atoms with Gasteiger partial charge in [-0.2, -0.15) is 0 Å². The van der Waals surface area contributed by atoms with Gasteiger partial charge in [0.15, 0.2) is 5.65 Å². The van der Waals surface area contributed by atoms with Crippen molar-refractivity contribution in [2.24, 2.45) is 4.99 Å². The molecule has 0 N–H and O–H groups in total. The lowest BCUT2D eigenvalue weighted by atomic mass is 9.94. The maximum atomic E-state index is 5.20. The lowest BCUT2D eigenvalue weighted by Crippen LogP contribution is -1.97. The number of pyridine rings is 2. The highest BCUT2D eigenvalue weighted by Gasteiger charge is 2.16. The van der Waals surface area contributed by atoms with Gasteiger partial charge in [0.25, 0.3) is 0 Å². The molecule has 0 saturated heterocycles. The molecule has 0 bridgehead atoms. The summed E-state index contributed by atoms with van der Waals surface area (Å²) in [6.45, 7) is 2.19. The number of imidazole rings is 1. The molecule has 0 saturated carbocycles. The van der Waals surface area contributed by atoms with E-state index in [0.29, 0.717) is 0 Å². The van der Waals surface area contributed by atoms with Gasteiger partial charge in [-0.25, -0.2) is 9.97 Å². The number of benzene rings is 4. The van der Waals surface area contributed by atoms with Gasteiger partial charge in [0, 0.05) is 40.2 Å². The SMILES string of the molecule is CCC1=Nc2ccccc2C=C(c2ccc(-c3cccc(-c4nc5c(nc6ccccn65)c5ccccc45)c3)cc2)C1. The molecule has 1 aliphatic rings. The minimum absolute atomic E-state index is 0.866. The number of fused-ring (bicyclic) bond motifs is 6. The van der Waals surface area contributed by atoms with E-state index < -0.39 is 0 Å². The van der Waals surface area contributed by atoms with Gasteiger partial charge in [-0.1, -0.05) is 97.9 Å². The summed E-state index contributed by atoms with van der Waals surface area (Å²) in [6, 6.07) is 40.6. The van der Waals surface area contributed by atoms with E-state index in [0.717, 1.165) is 57.4 Å². The fraction of sp³-hybridized carbons (Fsp3) is 0.0789. The highest BCUT2D eigenvalue weighted by molar-refractivity contribution is 6.09. The first kappa shape index (κ1) is 24.4. The molecule has 8 rings (SSSR count). The van der Waals surface area contributed by atoms with E-state index in [1.807, 2.05) is 24.4 Å². The zero-order valence-electron chi connectivity index (χ0n) is 23.3. The summed E-state index contributed by atoms with van der Waals surface area (Å²) >= 11 is 0. The van der Waals surface area contributed by atoms with Crippen molar-refractivity contribution in [3.8, 4) is 22.4 Å². The number of para-hydroxylation sites is 1. The van der Waals surface area contributed by atoms with Crippen molar-refractivity contribution in [3.63, 3.8) is 0 Å². The van der Waals surface area contributed by atoms with Crippen LogP contribution in [0.4, 0.5) is 5.69 Å². The quantitative estimate of drug-likeness (QED) is 0.223. The summed E-state index contributed by atoms with van der Waals surface area (Å²) in [5, 5.41) is 2.22. The topological polar surface area (TPSA) is 42.5 Å². The van der Waals surface area contributed by atoms with E-state index in [2.05, 4.69) is 114 Å². The van der Waals surface area contributed by atoms with Crippen LogP contribution in [-0.2, 0) is 0 Å². The Bertz CT molecular complexity index is 2200. The largest absolute Gasteiger partial charge is 0.284 e. The van der Waals surface area contributed by atoms with Crippen molar-refractivity contribution in [2.75, 3.05) is 0 Å². The molecule has 0 fully saturated rings. The molecule has 0 aliphatic carbocycles. The maximum absolute atomic E-state index is 5.20. The Morgan fingerprint density at radius 1 is 0.667 bits per heavy atom. The molecule has 1 aliphatic heterocycles. The molecule has 0 radical (unpaired) electrons. The van der Waals surface area contributed by atoms with E-state index in [1.165, 1.54) is 33.5 Å². The van der Waals surface area contributed by atoms with Crippen LogP contribution >= 0.6 is 0 Å². The molecule has 0 amide bonds. The third-order valence-corrected chi connectivity index (χ3v) is 8.23. The smallest absolute Gasteiger partial charge is 0.165 e. The number of allylic oxidation sites excluding steroid dienone is 1. The monoisotopic (exact) mass is 540 g/mol. The summed E-state index contributed by atoms with van der Waals surface area (Å²) < 4.78 is 2.07. The van der Waals surface area contributed by atoms with Crippen LogP contribution in [0, 0.1) is 0 Å². The van der Waals surface area contributed by atoms with Crippen molar-refractivity contribution in [3.05, 3.63) is 133 Å². The first-order valence-corrected chi connectivity index (χ1v) is 14.5. The van der Waals surface area contributed by atoms with Crippen LogP contribution in [0.5, 0.6) is 0 Å². The number of aromatic nitrogens is 3. The van der Waals surface area contributed by atoms with Crippen molar-refractivity contribution in [1.29, 1.82) is 0 Å². The van der Waals surface area contributed by atoms with Gasteiger partial charge in [-0.15, -0.1) is 0 Å². The van der Waals surface area contributed by atoms with Crippen molar-refractivity contribution in [2.45, 2.75) is 19.8 Å². The Morgan fingerprint density at radius 3 is 2.31 bits per heavy atom. The summed E-state index contributed by atoms with van der Waals surface area (Å²) in [6.07, 6.45) is 6.14. The minimum Gasteiger partial charge on any atom is -0.284 e. The Balaban J connectivity index is 1.20. The molecule has 4 heterocycles. The fourth-order valence-electron chi connectivity index (χ4n) is 6.04. The molecular weight excluding hydrogens is 512 g/mol. The second-order valence-corrected chi connectivity index (χ2v) is 10.8. The Labute approximate surface area is 244 Å². The Hall–Kier alpha value is -5.35. The first-order valence-electron chi connectivity index (χ1n) is 14.5. The van der Waals surface area contributed by atoms with Gasteiger partial charge >= 0.3 is 0 Å². The van der Waals surface area contributed by atoms with Gasteiger partial charge in [0.05, 0.1) is 11.4 Å². The zero-order valence-corrected chi connectivity index (χ0v) is 23.3. The normalized spacial score (nSPS) is 13.2. The lowest BCUT2D eigenvalue weighted by molar-refractivity contribution is 1.19. The van der Waals surface area contributed by atoms with Crippen LogP contribution in [0.2, 0.25) is 0 Å². The number of hydrogen-bond donors (Lipinski definition) is 0. The predicted molar refractivity (Wildman–Crippen MR) is 175 cm³/mol. The number of nitrogens with zero attached hydrogens (tertiary/aromatic N) is 4. The summed E-state index contributed by atoms with van der Waals surface area (Å²) in [5.41, 5.74) is 13.1. The average molecular weight is 541 g/mol. The third kappa shape index (κ3) is 4.11. The lowest BCUT2D eigenvalue weighted by Gasteiger charge is -2.11. The molecule has 7 aromatic rings. The number of rotatable bonds is 4. The van der Waals surface area contributed by atoms with Crippen LogP contribution in [0.15, 0.2) is 126 Å². The van der Waals surface area contributed by atoms with Gasteiger partial charge in [-0.3, -0.25) is 9.39 Å². The Morgan fingerprint density at radius 2 is 1.43 bits per heavy atom. The molecule has 200 valence electrons.